The molecule has 21 heavy (non-hydrogen) atoms. The minimum absolute atomic E-state index is 0.0877. The molecule has 5 nitrogen and oxygen atoms in total. The van der Waals surface area contributed by atoms with Crippen LogP contribution in [0.25, 0.3) is 10.6 Å². The van der Waals surface area contributed by atoms with Crippen molar-refractivity contribution in [2.45, 2.75) is 32.3 Å². The summed E-state index contributed by atoms with van der Waals surface area (Å²) < 4.78 is 5.25. The van der Waals surface area contributed by atoms with Gasteiger partial charge in [-0.3, -0.25) is 4.79 Å². The molecule has 1 aliphatic heterocycles. The lowest BCUT2D eigenvalue weighted by Crippen LogP contribution is -2.36. The lowest BCUT2D eigenvalue weighted by Gasteiger charge is -2.26. The van der Waals surface area contributed by atoms with Crippen LogP contribution in [0.1, 0.15) is 48.4 Å². The second-order valence-electron chi connectivity index (χ2n) is 5.28. The van der Waals surface area contributed by atoms with Crippen molar-refractivity contribution in [2.75, 3.05) is 13.1 Å². The van der Waals surface area contributed by atoms with Crippen molar-refractivity contribution < 1.29 is 14.4 Å². The Kier molecular flexibility index (Phi) is 4.07. The molecule has 0 bridgehead atoms. The van der Waals surface area contributed by atoms with Gasteiger partial charge in [0.2, 0.25) is 0 Å². The van der Waals surface area contributed by atoms with Crippen LogP contribution in [0, 0.1) is 0 Å². The Hall–Kier alpha value is -1.66. The Morgan fingerprint density at radius 3 is 2.81 bits per heavy atom. The lowest BCUT2D eigenvalue weighted by molar-refractivity contribution is 0.0713. The topological polar surface area (TPSA) is 66.6 Å². The molecule has 1 aliphatic rings. The number of amides is 1. The van der Waals surface area contributed by atoms with Crippen LogP contribution in [-0.2, 0) is 0 Å². The van der Waals surface area contributed by atoms with Gasteiger partial charge in [-0.25, -0.2) is 0 Å². The zero-order chi connectivity index (χ0) is 14.8. The van der Waals surface area contributed by atoms with E-state index in [9.17, 15) is 9.90 Å². The van der Waals surface area contributed by atoms with Gasteiger partial charge in [-0.15, -0.1) is 11.3 Å². The van der Waals surface area contributed by atoms with E-state index in [4.69, 9.17) is 4.52 Å². The predicted octanol–water partition coefficient (Wildman–Crippen LogP) is 3.08. The van der Waals surface area contributed by atoms with E-state index in [2.05, 4.69) is 5.16 Å². The summed E-state index contributed by atoms with van der Waals surface area (Å²) in [5.41, 5.74) is 0.950. The van der Waals surface area contributed by atoms with E-state index in [1.54, 1.807) is 6.92 Å². The van der Waals surface area contributed by atoms with Crippen LogP contribution in [0.15, 0.2) is 22.0 Å². The lowest BCUT2D eigenvalue weighted by atomic mass is 10.1. The number of thiophene rings is 1. The maximum absolute atomic E-state index is 12.8. The second kappa shape index (κ2) is 5.99. The van der Waals surface area contributed by atoms with Gasteiger partial charge in [0, 0.05) is 13.1 Å². The van der Waals surface area contributed by atoms with Crippen LogP contribution in [0.3, 0.4) is 0 Å². The van der Waals surface area contributed by atoms with Crippen LogP contribution in [0.5, 0.6) is 0 Å². The first-order valence-electron chi connectivity index (χ1n) is 7.19. The third-order valence-electron chi connectivity index (χ3n) is 3.71. The fraction of sp³-hybridized carbons (Fsp3) is 0.467. The first kappa shape index (κ1) is 14.3. The molecule has 1 N–H and O–H groups in total. The molecule has 1 amide bonds. The van der Waals surface area contributed by atoms with E-state index in [0.29, 0.717) is 11.3 Å². The molecule has 1 atom stereocenters. The van der Waals surface area contributed by atoms with Crippen molar-refractivity contribution in [1.29, 1.82) is 0 Å². The van der Waals surface area contributed by atoms with Gasteiger partial charge in [0.1, 0.15) is 17.4 Å². The van der Waals surface area contributed by atoms with Gasteiger partial charge in [-0.1, -0.05) is 11.2 Å². The van der Waals surface area contributed by atoms with Crippen molar-refractivity contribution in [3.05, 3.63) is 28.8 Å². The third-order valence-corrected chi connectivity index (χ3v) is 4.59. The van der Waals surface area contributed by atoms with Gasteiger partial charge in [0.05, 0.1) is 4.88 Å². The number of aliphatic hydroxyl groups excluding tert-OH is 1. The molecule has 1 fully saturated rings. The average molecular weight is 306 g/mol. The van der Waals surface area contributed by atoms with Crippen molar-refractivity contribution in [3.8, 4) is 10.6 Å². The Morgan fingerprint density at radius 2 is 2.19 bits per heavy atom. The number of carbonyl (C=O) groups is 1. The van der Waals surface area contributed by atoms with Gasteiger partial charge >= 0.3 is 0 Å². The Bertz CT molecular complexity index is 613. The van der Waals surface area contributed by atoms with Gasteiger partial charge in [-0.2, -0.15) is 0 Å². The van der Waals surface area contributed by atoms with Crippen molar-refractivity contribution in [2.24, 2.45) is 0 Å². The van der Waals surface area contributed by atoms with Gasteiger partial charge in [0.25, 0.3) is 5.91 Å². The number of hydrogen-bond donors (Lipinski definition) is 1. The molecule has 3 rings (SSSR count). The largest absolute Gasteiger partial charge is 0.385 e. The molecule has 0 radical (unpaired) electrons. The summed E-state index contributed by atoms with van der Waals surface area (Å²) in [7, 11) is 0. The molecule has 1 saturated heterocycles. The summed E-state index contributed by atoms with van der Waals surface area (Å²) in [5.74, 6) is 0.171. The molecule has 0 unspecified atom stereocenters. The van der Waals surface area contributed by atoms with Crippen molar-refractivity contribution in [3.63, 3.8) is 0 Å². The summed E-state index contributed by atoms with van der Waals surface area (Å²) in [5, 5.41) is 15.8. The van der Waals surface area contributed by atoms with Crippen LogP contribution in [0.2, 0.25) is 0 Å². The SMILES string of the molecule is C[C@H](O)c1onc(-c2cccs2)c1C(=O)N1CCCCC1. The molecular weight excluding hydrogens is 288 g/mol. The molecule has 0 aliphatic carbocycles. The number of aliphatic hydroxyl groups is 1. The van der Waals surface area contributed by atoms with Crippen molar-refractivity contribution >= 4 is 17.2 Å². The molecule has 112 valence electrons. The van der Waals surface area contributed by atoms with Gasteiger partial charge in [0.15, 0.2) is 5.76 Å². The molecule has 0 saturated carbocycles. The van der Waals surface area contributed by atoms with Gasteiger partial charge in [-0.05, 0) is 37.6 Å². The molecule has 2 aromatic heterocycles. The standard InChI is InChI=1S/C15H18N2O3S/c1-10(18)14-12(15(19)17-7-3-2-4-8-17)13(16-20-14)11-6-5-9-21-11/h5-6,9-10,18H,2-4,7-8H2,1H3/t10-/m0/s1. The number of likely N-dealkylation sites (tertiary alicyclic amines) is 1. The Balaban J connectivity index is 2.01. The fourth-order valence-corrected chi connectivity index (χ4v) is 3.34. The van der Waals surface area contributed by atoms with E-state index in [1.165, 1.54) is 11.3 Å². The average Bonchev–Trinajstić information content (AvgIpc) is 3.16. The molecule has 6 heteroatoms. The third kappa shape index (κ3) is 2.73. The number of nitrogens with zero attached hydrogens (tertiary/aromatic N) is 2. The fourth-order valence-electron chi connectivity index (χ4n) is 2.63. The quantitative estimate of drug-likeness (QED) is 0.946. The van der Waals surface area contributed by atoms with E-state index in [-0.39, 0.29) is 11.7 Å². The highest BCUT2D eigenvalue weighted by Gasteiger charge is 2.30. The van der Waals surface area contributed by atoms with E-state index < -0.39 is 6.10 Å². The summed E-state index contributed by atoms with van der Waals surface area (Å²) in [6.45, 7) is 3.10. The first-order valence-corrected chi connectivity index (χ1v) is 8.07. The maximum atomic E-state index is 12.8. The maximum Gasteiger partial charge on any atom is 0.259 e. The summed E-state index contributed by atoms with van der Waals surface area (Å²) in [4.78, 5) is 15.5. The van der Waals surface area contributed by atoms with Crippen LogP contribution in [-0.4, -0.2) is 34.2 Å². The van der Waals surface area contributed by atoms with E-state index in [0.717, 1.165) is 37.2 Å². The predicted molar refractivity (Wildman–Crippen MR) is 80.2 cm³/mol. The molecule has 2 aromatic rings. The molecule has 0 aromatic carbocycles. The van der Waals surface area contributed by atoms with E-state index in [1.807, 2.05) is 22.4 Å². The minimum Gasteiger partial charge on any atom is -0.385 e. The number of hydrogen-bond acceptors (Lipinski definition) is 5. The monoisotopic (exact) mass is 306 g/mol. The van der Waals surface area contributed by atoms with Crippen LogP contribution in [0.4, 0.5) is 0 Å². The summed E-state index contributed by atoms with van der Waals surface area (Å²) >= 11 is 1.50. The van der Waals surface area contributed by atoms with Crippen LogP contribution >= 0.6 is 11.3 Å². The highest BCUT2D eigenvalue weighted by molar-refractivity contribution is 7.13. The van der Waals surface area contributed by atoms with Gasteiger partial charge < -0.3 is 14.5 Å². The van der Waals surface area contributed by atoms with E-state index >= 15 is 0 Å². The Morgan fingerprint density at radius 1 is 1.43 bits per heavy atom. The zero-order valence-corrected chi connectivity index (χ0v) is 12.7. The van der Waals surface area contributed by atoms with Crippen molar-refractivity contribution in [1.82, 2.24) is 10.1 Å². The molecule has 0 spiro atoms. The highest BCUT2D eigenvalue weighted by Crippen LogP contribution is 2.33. The highest BCUT2D eigenvalue weighted by atomic mass is 32.1. The Labute approximate surface area is 127 Å². The molecule has 3 heterocycles. The second-order valence-corrected chi connectivity index (χ2v) is 6.22. The number of aromatic nitrogens is 1. The van der Waals surface area contributed by atoms with Crippen LogP contribution < -0.4 is 0 Å². The number of piperidine rings is 1. The molecular formula is C15H18N2O3S. The number of rotatable bonds is 3. The summed E-state index contributed by atoms with van der Waals surface area (Å²) in [6.07, 6.45) is 2.36. The smallest absolute Gasteiger partial charge is 0.259 e. The summed E-state index contributed by atoms with van der Waals surface area (Å²) in [6, 6.07) is 3.81. The minimum atomic E-state index is -0.852. The normalized spacial score (nSPS) is 17.0. The first-order chi connectivity index (χ1) is 10.2. The zero-order valence-electron chi connectivity index (χ0n) is 11.9. The number of carbonyl (C=O) groups excluding carboxylic acids is 1.